The maximum Gasteiger partial charge on any atom is 0.277 e. The predicted octanol–water partition coefficient (Wildman–Crippen LogP) is 4.01. The van der Waals surface area contributed by atoms with Crippen molar-refractivity contribution in [3.05, 3.63) is 59.2 Å². The van der Waals surface area contributed by atoms with E-state index in [-0.39, 0.29) is 12.5 Å². The van der Waals surface area contributed by atoms with Crippen LogP contribution in [0, 0.1) is 13.8 Å². The summed E-state index contributed by atoms with van der Waals surface area (Å²) in [6.45, 7) is 6.74. The summed E-state index contributed by atoms with van der Waals surface area (Å²) in [5.41, 5.74) is 5.50. The van der Waals surface area contributed by atoms with Crippen molar-refractivity contribution in [2.24, 2.45) is 5.10 Å². The summed E-state index contributed by atoms with van der Waals surface area (Å²) >= 11 is 0. The summed E-state index contributed by atoms with van der Waals surface area (Å²) in [5.74, 6) is 1.23. The predicted molar refractivity (Wildman–Crippen MR) is 104 cm³/mol. The lowest BCUT2D eigenvalue weighted by Gasteiger charge is -2.08. The third-order valence-electron chi connectivity index (χ3n) is 3.74. The van der Waals surface area contributed by atoms with E-state index >= 15 is 0 Å². The van der Waals surface area contributed by atoms with Crippen molar-refractivity contribution in [2.75, 3.05) is 13.2 Å². The molecule has 1 N–H and O–H groups in total. The third-order valence-corrected chi connectivity index (χ3v) is 3.74. The number of carbonyl (C=O) groups is 1. The number of nitrogens with zero attached hydrogens (tertiary/aromatic N) is 1. The SMILES string of the molecule is CCCCOc1ccc(/C=N/NC(=O)COc2ccc(C)cc2C)cc1. The highest BCUT2D eigenvalue weighted by molar-refractivity contribution is 5.83. The van der Waals surface area contributed by atoms with Gasteiger partial charge in [-0.2, -0.15) is 5.10 Å². The number of carbonyl (C=O) groups excluding carboxylic acids is 1. The summed E-state index contributed by atoms with van der Waals surface area (Å²) in [5, 5.41) is 3.95. The Morgan fingerprint density at radius 2 is 1.88 bits per heavy atom. The van der Waals surface area contributed by atoms with Gasteiger partial charge in [-0.15, -0.1) is 0 Å². The second kappa shape index (κ2) is 10.2. The van der Waals surface area contributed by atoms with Gasteiger partial charge in [-0.1, -0.05) is 31.0 Å². The minimum atomic E-state index is -0.305. The molecular weight excluding hydrogens is 328 g/mol. The zero-order valence-corrected chi connectivity index (χ0v) is 15.6. The minimum absolute atomic E-state index is 0.0779. The van der Waals surface area contributed by atoms with Crippen molar-refractivity contribution in [1.82, 2.24) is 5.43 Å². The Bertz CT molecular complexity index is 739. The molecule has 0 atom stereocenters. The van der Waals surface area contributed by atoms with Gasteiger partial charge < -0.3 is 9.47 Å². The van der Waals surface area contributed by atoms with Gasteiger partial charge in [0.15, 0.2) is 6.61 Å². The van der Waals surface area contributed by atoms with Gasteiger partial charge in [0.2, 0.25) is 0 Å². The summed E-state index contributed by atoms with van der Waals surface area (Å²) in [6, 6.07) is 13.4. The number of amides is 1. The Morgan fingerprint density at radius 1 is 1.12 bits per heavy atom. The Balaban J connectivity index is 1.75. The van der Waals surface area contributed by atoms with Crippen LogP contribution in [-0.2, 0) is 4.79 Å². The first-order valence-corrected chi connectivity index (χ1v) is 8.83. The number of aryl methyl sites for hydroxylation is 2. The van der Waals surface area contributed by atoms with E-state index in [4.69, 9.17) is 9.47 Å². The van der Waals surface area contributed by atoms with E-state index in [9.17, 15) is 4.79 Å². The average molecular weight is 354 g/mol. The molecule has 0 saturated carbocycles. The molecule has 0 bridgehead atoms. The molecule has 2 aromatic rings. The van der Waals surface area contributed by atoms with Crippen LogP contribution in [0.1, 0.15) is 36.5 Å². The molecule has 2 rings (SSSR count). The fourth-order valence-corrected chi connectivity index (χ4v) is 2.30. The Labute approximate surface area is 155 Å². The molecule has 0 aliphatic heterocycles. The number of hydrogen-bond acceptors (Lipinski definition) is 4. The summed E-state index contributed by atoms with van der Waals surface area (Å²) < 4.78 is 11.1. The highest BCUT2D eigenvalue weighted by Crippen LogP contribution is 2.18. The Morgan fingerprint density at radius 3 is 2.58 bits per heavy atom. The van der Waals surface area contributed by atoms with Crippen LogP contribution in [0.15, 0.2) is 47.6 Å². The van der Waals surface area contributed by atoms with Gasteiger partial charge in [0, 0.05) is 0 Å². The molecule has 0 saturated heterocycles. The molecule has 0 aliphatic rings. The van der Waals surface area contributed by atoms with Gasteiger partial charge in [-0.05, 0) is 61.7 Å². The summed E-state index contributed by atoms with van der Waals surface area (Å²) in [4.78, 5) is 11.8. The van der Waals surface area contributed by atoms with Crippen LogP contribution in [0.3, 0.4) is 0 Å². The van der Waals surface area contributed by atoms with E-state index in [1.54, 1.807) is 6.21 Å². The highest BCUT2D eigenvalue weighted by Gasteiger charge is 2.04. The lowest BCUT2D eigenvalue weighted by atomic mass is 10.1. The van der Waals surface area contributed by atoms with Gasteiger partial charge in [0.1, 0.15) is 11.5 Å². The number of benzene rings is 2. The van der Waals surface area contributed by atoms with Crippen LogP contribution >= 0.6 is 0 Å². The summed E-state index contributed by atoms with van der Waals surface area (Å²) in [6.07, 6.45) is 3.74. The molecule has 26 heavy (non-hydrogen) atoms. The van der Waals surface area contributed by atoms with E-state index in [2.05, 4.69) is 17.5 Å². The topological polar surface area (TPSA) is 59.9 Å². The number of hydrogen-bond donors (Lipinski definition) is 1. The minimum Gasteiger partial charge on any atom is -0.494 e. The van der Waals surface area contributed by atoms with Gasteiger partial charge >= 0.3 is 0 Å². The molecule has 0 fully saturated rings. The maximum absolute atomic E-state index is 11.8. The monoisotopic (exact) mass is 354 g/mol. The second-order valence-corrected chi connectivity index (χ2v) is 6.12. The number of hydrazone groups is 1. The van der Waals surface area contributed by atoms with Crippen LogP contribution in [0.5, 0.6) is 11.5 Å². The fourth-order valence-electron chi connectivity index (χ4n) is 2.30. The Hall–Kier alpha value is -2.82. The van der Waals surface area contributed by atoms with Crippen molar-refractivity contribution >= 4 is 12.1 Å². The van der Waals surface area contributed by atoms with Crippen molar-refractivity contribution in [2.45, 2.75) is 33.6 Å². The van der Waals surface area contributed by atoms with E-state index in [0.29, 0.717) is 5.75 Å². The molecule has 0 aliphatic carbocycles. The molecule has 0 aromatic heterocycles. The molecular formula is C21H26N2O3. The quantitative estimate of drug-likeness (QED) is 0.420. The zero-order chi connectivity index (χ0) is 18.8. The normalized spacial score (nSPS) is 10.7. The van der Waals surface area contributed by atoms with Crippen LogP contribution in [0.4, 0.5) is 0 Å². The molecule has 0 spiro atoms. The van der Waals surface area contributed by atoms with Gasteiger partial charge in [-0.25, -0.2) is 5.43 Å². The van der Waals surface area contributed by atoms with Crippen molar-refractivity contribution in [3.8, 4) is 11.5 Å². The van der Waals surface area contributed by atoms with E-state index < -0.39 is 0 Å². The van der Waals surface area contributed by atoms with Crippen molar-refractivity contribution < 1.29 is 14.3 Å². The van der Waals surface area contributed by atoms with Crippen LogP contribution in [0.2, 0.25) is 0 Å². The molecule has 2 aromatic carbocycles. The summed E-state index contributed by atoms with van der Waals surface area (Å²) in [7, 11) is 0. The standard InChI is InChI=1S/C21H26N2O3/c1-4-5-12-25-19-9-7-18(8-10-19)14-22-23-21(24)15-26-20-11-6-16(2)13-17(20)3/h6-11,13-14H,4-5,12,15H2,1-3H3,(H,23,24)/b22-14+. The lowest BCUT2D eigenvalue weighted by Crippen LogP contribution is -2.24. The molecule has 0 unspecified atom stereocenters. The van der Waals surface area contributed by atoms with Gasteiger partial charge in [0.25, 0.3) is 5.91 Å². The lowest BCUT2D eigenvalue weighted by molar-refractivity contribution is -0.123. The number of ether oxygens (including phenoxy) is 2. The number of nitrogens with one attached hydrogen (secondary N) is 1. The van der Waals surface area contributed by atoms with E-state index in [0.717, 1.165) is 41.9 Å². The third kappa shape index (κ3) is 6.59. The van der Waals surface area contributed by atoms with E-state index in [1.165, 1.54) is 0 Å². The Kier molecular flexibility index (Phi) is 7.68. The molecule has 5 nitrogen and oxygen atoms in total. The fraction of sp³-hybridized carbons (Fsp3) is 0.333. The average Bonchev–Trinajstić information content (AvgIpc) is 2.62. The number of rotatable bonds is 9. The first-order valence-electron chi connectivity index (χ1n) is 8.83. The van der Waals surface area contributed by atoms with E-state index in [1.807, 2.05) is 56.3 Å². The second-order valence-electron chi connectivity index (χ2n) is 6.12. The first kappa shape index (κ1) is 19.5. The first-order chi connectivity index (χ1) is 12.6. The highest BCUT2D eigenvalue weighted by atomic mass is 16.5. The van der Waals surface area contributed by atoms with Gasteiger partial charge in [0.05, 0.1) is 12.8 Å². The van der Waals surface area contributed by atoms with Crippen LogP contribution < -0.4 is 14.9 Å². The maximum atomic E-state index is 11.8. The van der Waals surface area contributed by atoms with Crippen LogP contribution in [-0.4, -0.2) is 25.3 Å². The van der Waals surface area contributed by atoms with Crippen molar-refractivity contribution in [1.29, 1.82) is 0 Å². The molecule has 0 radical (unpaired) electrons. The van der Waals surface area contributed by atoms with Gasteiger partial charge in [-0.3, -0.25) is 4.79 Å². The van der Waals surface area contributed by atoms with Crippen LogP contribution in [0.25, 0.3) is 0 Å². The number of unbranched alkanes of at least 4 members (excludes halogenated alkanes) is 1. The largest absolute Gasteiger partial charge is 0.494 e. The molecule has 138 valence electrons. The molecule has 0 heterocycles. The molecule has 1 amide bonds. The van der Waals surface area contributed by atoms with Crippen molar-refractivity contribution in [3.63, 3.8) is 0 Å². The smallest absolute Gasteiger partial charge is 0.277 e. The zero-order valence-electron chi connectivity index (χ0n) is 15.6. The molecule has 5 heteroatoms.